The van der Waals surface area contributed by atoms with E-state index in [9.17, 15) is 13.9 Å². The first-order valence-electron chi connectivity index (χ1n) is 4.62. The van der Waals surface area contributed by atoms with Crippen LogP contribution in [0.25, 0.3) is 0 Å². The molecule has 0 aliphatic rings. The third kappa shape index (κ3) is 3.59. The quantitative estimate of drug-likeness (QED) is 0.748. The highest BCUT2D eigenvalue weighted by molar-refractivity contribution is 6.31. The van der Waals surface area contributed by atoms with Crippen molar-refractivity contribution in [1.29, 1.82) is 0 Å². The monoisotopic (exact) mass is 251 g/mol. The number of hydrogen-bond acceptors (Lipinski definition) is 3. The molecule has 0 heterocycles. The van der Waals surface area contributed by atoms with E-state index in [-0.39, 0.29) is 12.3 Å². The molecule has 0 radical (unpaired) electrons. The van der Waals surface area contributed by atoms with Crippen molar-refractivity contribution in [1.82, 2.24) is 5.32 Å². The van der Waals surface area contributed by atoms with Crippen LogP contribution in [-0.4, -0.2) is 29.3 Å². The van der Waals surface area contributed by atoms with E-state index < -0.39 is 19.1 Å². The number of alkyl halides is 2. The van der Waals surface area contributed by atoms with Gasteiger partial charge in [0.2, 0.25) is 0 Å². The number of phenols is 1. The van der Waals surface area contributed by atoms with E-state index in [1.165, 1.54) is 6.07 Å². The van der Waals surface area contributed by atoms with Crippen LogP contribution in [0.15, 0.2) is 18.2 Å². The third-order valence-corrected chi connectivity index (χ3v) is 2.36. The van der Waals surface area contributed by atoms with Gasteiger partial charge >= 0.3 is 0 Å². The Labute approximate surface area is 96.7 Å². The standard InChI is InChI=1S/C10H12ClF2NO2/c11-8-2-1-3-9(16)7(8)4-14-5-10(12,13)6-15/h1-3,14-16H,4-6H2. The van der Waals surface area contributed by atoms with E-state index in [1.54, 1.807) is 12.1 Å². The first-order chi connectivity index (χ1) is 7.46. The van der Waals surface area contributed by atoms with E-state index in [4.69, 9.17) is 16.7 Å². The lowest BCUT2D eigenvalue weighted by molar-refractivity contribution is -0.0478. The summed E-state index contributed by atoms with van der Waals surface area (Å²) < 4.78 is 25.3. The van der Waals surface area contributed by atoms with Gasteiger partial charge in [0.25, 0.3) is 5.92 Å². The normalized spacial score (nSPS) is 11.8. The SMILES string of the molecule is OCC(F)(F)CNCc1c(O)cccc1Cl. The minimum atomic E-state index is -3.17. The Kier molecular flexibility index (Phi) is 4.46. The van der Waals surface area contributed by atoms with Gasteiger partial charge < -0.3 is 15.5 Å². The minimum absolute atomic E-state index is 0.0150. The molecule has 0 aliphatic carbocycles. The third-order valence-electron chi connectivity index (χ3n) is 2.01. The number of halogens is 3. The second kappa shape index (κ2) is 5.43. The summed E-state index contributed by atoms with van der Waals surface area (Å²) in [5.74, 6) is -3.22. The number of rotatable bonds is 5. The lowest BCUT2D eigenvalue weighted by Gasteiger charge is -2.14. The Balaban J connectivity index is 2.56. The molecule has 0 spiro atoms. The summed E-state index contributed by atoms with van der Waals surface area (Å²) >= 11 is 5.78. The van der Waals surface area contributed by atoms with Gasteiger partial charge in [0.1, 0.15) is 12.4 Å². The van der Waals surface area contributed by atoms with E-state index in [1.807, 2.05) is 0 Å². The van der Waals surface area contributed by atoms with Gasteiger partial charge in [-0.2, -0.15) is 0 Å². The van der Waals surface area contributed by atoms with Crippen LogP contribution >= 0.6 is 11.6 Å². The van der Waals surface area contributed by atoms with Crippen LogP contribution in [0.2, 0.25) is 5.02 Å². The van der Waals surface area contributed by atoms with Crippen molar-refractivity contribution in [2.75, 3.05) is 13.2 Å². The zero-order chi connectivity index (χ0) is 12.2. The molecule has 1 aromatic rings. The summed E-state index contributed by atoms with van der Waals surface area (Å²) in [4.78, 5) is 0. The Hall–Kier alpha value is -0.910. The molecular weight excluding hydrogens is 240 g/mol. The van der Waals surface area contributed by atoms with Gasteiger partial charge in [-0.05, 0) is 12.1 Å². The van der Waals surface area contributed by atoms with Gasteiger partial charge in [-0.25, -0.2) is 8.78 Å². The van der Waals surface area contributed by atoms with Crippen LogP contribution in [0, 0.1) is 0 Å². The molecule has 0 amide bonds. The number of nitrogens with one attached hydrogen (secondary N) is 1. The molecule has 0 aromatic heterocycles. The molecule has 3 nitrogen and oxygen atoms in total. The zero-order valence-electron chi connectivity index (χ0n) is 8.38. The van der Waals surface area contributed by atoms with Crippen LogP contribution in [-0.2, 0) is 6.54 Å². The van der Waals surface area contributed by atoms with E-state index >= 15 is 0 Å². The van der Waals surface area contributed by atoms with E-state index in [2.05, 4.69) is 5.32 Å². The number of hydrogen-bond donors (Lipinski definition) is 3. The molecule has 0 aliphatic heterocycles. The number of benzene rings is 1. The predicted octanol–water partition coefficient (Wildman–Crippen LogP) is 1.76. The first kappa shape index (κ1) is 13.2. The molecule has 0 bridgehead atoms. The Morgan fingerprint density at radius 1 is 1.38 bits per heavy atom. The summed E-state index contributed by atoms with van der Waals surface area (Å²) in [6.07, 6.45) is 0. The van der Waals surface area contributed by atoms with Crippen molar-refractivity contribution in [3.05, 3.63) is 28.8 Å². The van der Waals surface area contributed by atoms with Gasteiger partial charge in [-0.1, -0.05) is 17.7 Å². The molecule has 0 saturated carbocycles. The highest BCUT2D eigenvalue weighted by Gasteiger charge is 2.26. The molecule has 90 valence electrons. The van der Waals surface area contributed by atoms with Crippen LogP contribution < -0.4 is 5.32 Å². The number of aromatic hydroxyl groups is 1. The van der Waals surface area contributed by atoms with Crippen molar-refractivity contribution in [3.8, 4) is 5.75 Å². The fraction of sp³-hybridized carbons (Fsp3) is 0.400. The molecule has 0 saturated heterocycles. The van der Waals surface area contributed by atoms with Crippen molar-refractivity contribution in [2.45, 2.75) is 12.5 Å². The molecule has 6 heteroatoms. The summed E-state index contributed by atoms with van der Waals surface area (Å²) in [7, 11) is 0. The molecule has 1 rings (SSSR count). The Morgan fingerprint density at radius 2 is 2.06 bits per heavy atom. The van der Waals surface area contributed by atoms with Gasteiger partial charge in [-0.15, -0.1) is 0 Å². The lowest BCUT2D eigenvalue weighted by Crippen LogP contribution is -2.35. The second-order valence-electron chi connectivity index (χ2n) is 3.36. The Bertz CT molecular complexity index is 340. The average molecular weight is 252 g/mol. The van der Waals surface area contributed by atoms with Crippen LogP contribution in [0.3, 0.4) is 0 Å². The van der Waals surface area contributed by atoms with Crippen molar-refractivity contribution in [3.63, 3.8) is 0 Å². The zero-order valence-corrected chi connectivity index (χ0v) is 9.14. The smallest absolute Gasteiger partial charge is 0.282 e. The largest absolute Gasteiger partial charge is 0.508 e. The van der Waals surface area contributed by atoms with Gasteiger partial charge in [0.05, 0.1) is 6.54 Å². The maximum Gasteiger partial charge on any atom is 0.282 e. The molecule has 0 atom stereocenters. The summed E-state index contributed by atoms with van der Waals surface area (Å²) in [5.41, 5.74) is 0.359. The summed E-state index contributed by atoms with van der Waals surface area (Å²) in [6.45, 7) is -1.87. The van der Waals surface area contributed by atoms with Gasteiger partial charge in [0, 0.05) is 17.1 Å². The molecular formula is C10H12ClF2NO2. The van der Waals surface area contributed by atoms with E-state index in [0.29, 0.717) is 10.6 Å². The van der Waals surface area contributed by atoms with Crippen LogP contribution in [0.5, 0.6) is 5.75 Å². The highest BCUT2D eigenvalue weighted by Crippen LogP contribution is 2.25. The Morgan fingerprint density at radius 3 is 2.62 bits per heavy atom. The van der Waals surface area contributed by atoms with E-state index in [0.717, 1.165) is 0 Å². The van der Waals surface area contributed by atoms with Crippen molar-refractivity contribution < 1.29 is 19.0 Å². The first-order valence-corrected chi connectivity index (χ1v) is 5.00. The summed E-state index contributed by atoms with van der Waals surface area (Å²) in [5, 5.41) is 20.5. The second-order valence-corrected chi connectivity index (χ2v) is 3.76. The molecule has 0 fully saturated rings. The van der Waals surface area contributed by atoms with Gasteiger partial charge in [-0.3, -0.25) is 0 Å². The lowest BCUT2D eigenvalue weighted by atomic mass is 10.2. The average Bonchev–Trinajstić information content (AvgIpc) is 2.22. The van der Waals surface area contributed by atoms with Crippen LogP contribution in [0.1, 0.15) is 5.56 Å². The predicted molar refractivity (Wildman–Crippen MR) is 56.9 cm³/mol. The van der Waals surface area contributed by atoms with Crippen molar-refractivity contribution in [2.24, 2.45) is 0 Å². The van der Waals surface area contributed by atoms with Crippen LogP contribution in [0.4, 0.5) is 8.78 Å². The fourth-order valence-electron chi connectivity index (χ4n) is 1.15. The molecule has 16 heavy (non-hydrogen) atoms. The molecule has 1 aromatic carbocycles. The minimum Gasteiger partial charge on any atom is -0.508 e. The maximum absolute atomic E-state index is 12.6. The molecule has 0 unspecified atom stereocenters. The number of phenolic OH excluding ortho intramolecular Hbond substituents is 1. The number of aliphatic hydroxyl groups excluding tert-OH is 1. The molecule has 3 N–H and O–H groups in total. The fourth-order valence-corrected chi connectivity index (χ4v) is 1.38. The maximum atomic E-state index is 12.6. The van der Waals surface area contributed by atoms with Gasteiger partial charge in [0.15, 0.2) is 0 Å². The topological polar surface area (TPSA) is 52.5 Å². The van der Waals surface area contributed by atoms with Crippen molar-refractivity contribution >= 4 is 11.6 Å². The summed E-state index contributed by atoms with van der Waals surface area (Å²) in [6, 6.07) is 4.54. The highest BCUT2D eigenvalue weighted by atomic mass is 35.5. The number of aliphatic hydroxyl groups is 1.